The van der Waals surface area contributed by atoms with Crippen molar-refractivity contribution >= 4 is 28.7 Å². The van der Waals surface area contributed by atoms with Gasteiger partial charge in [-0.25, -0.2) is 9.00 Å². The average molecular weight is 345 g/mol. The Hall–Kier alpha value is -2.84. The number of nitrogens with zero attached hydrogens (tertiary/aromatic N) is 2. The van der Waals surface area contributed by atoms with E-state index in [9.17, 15) is 13.6 Å². The molecule has 0 fully saturated rings. The van der Waals surface area contributed by atoms with Crippen LogP contribution in [-0.2, 0) is 16.2 Å². The quantitative estimate of drug-likeness (QED) is 0.261. The number of carbonyl (C=O) groups excluding carboxylic acids is 1. The highest BCUT2D eigenvalue weighted by Gasteiger charge is 2.04. The van der Waals surface area contributed by atoms with E-state index in [-0.39, 0.29) is 5.75 Å². The molecule has 2 rings (SSSR count). The van der Waals surface area contributed by atoms with Crippen LogP contribution in [0.1, 0.15) is 6.92 Å². The molecule has 0 bridgehead atoms. The third-order valence-electron chi connectivity index (χ3n) is 2.68. The van der Waals surface area contributed by atoms with Crippen LogP contribution < -0.4 is 8.92 Å². The van der Waals surface area contributed by atoms with Crippen molar-refractivity contribution < 1.29 is 22.5 Å². The van der Waals surface area contributed by atoms with Crippen LogP contribution in [0.2, 0.25) is 0 Å². The molecule has 0 saturated carbocycles. The summed E-state index contributed by atoms with van der Waals surface area (Å²) >= 11 is -2.61. The number of hydrogen-bond donors (Lipinski definition) is 0. The van der Waals surface area contributed by atoms with E-state index < -0.39 is 17.3 Å². The van der Waals surface area contributed by atoms with Crippen molar-refractivity contribution in [3.8, 4) is 11.5 Å². The maximum Gasteiger partial charge on any atom is 0.338 e. The summed E-state index contributed by atoms with van der Waals surface area (Å²) in [5.41, 5.74) is 1.40. The van der Waals surface area contributed by atoms with Crippen LogP contribution in [0.25, 0.3) is 0 Å². The van der Waals surface area contributed by atoms with Crippen molar-refractivity contribution in [1.29, 1.82) is 0 Å². The Bertz CT molecular complexity index is 785. The monoisotopic (exact) mass is 345 g/mol. The Balaban J connectivity index is 2.00. The number of carbonyl (C=O) groups is 1. The van der Waals surface area contributed by atoms with Crippen molar-refractivity contribution in [3.05, 3.63) is 60.7 Å². The minimum Gasteiger partial charge on any atom is -0.740 e. The highest BCUT2D eigenvalue weighted by molar-refractivity contribution is 7.74. The molecule has 0 aromatic heterocycles. The molecule has 0 amide bonds. The normalized spacial score (nSPS) is 11.9. The first kappa shape index (κ1) is 17.5. The van der Waals surface area contributed by atoms with Crippen molar-refractivity contribution in [2.75, 3.05) is 0 Å². The average Bonchev–Trinajstić information content (AvgIpc) is 2.55. The number of esters is 1. The molecule has 2 aromatic rings. The molecule has 0 spiro atoms. The van der Waals surface area contributed by atoms with Gasteiger partial charge in [0.1, 0.15) is 22.9 Å². The van der Waals surface area contributed by atoms with Crippen LogP contribution in [0.3, 0.4) is 0 Å². The van der Waals surface area contributed by atoms with E-state index in [0.717, 1.165) is 0 Å². The third kappa shape index (κ3) is 5.41. The summed E-state index contributed by atoms with van der Waals surface area (Å²) in [5.74, 6) is 0.0747. The number of rotatable bonds is 6. The van der Waals surface area contributed by atoms with Crippen molar-refractivity contribution in [1.82, 2.24) is 0 Å². The summed E-state index contributed by atoms with van der Waals surface area (Å²) < 4.78 is 30.3. The molecule has 1 unspecified atom stereocenters. The third-order valence-corrected chi connectivity index (χ3v) is 3.01. The van der Waals surface area contributed by atoms with Gasteiger partial charge in [-0.05, 0) is 55.5 Å². The lowest BCUT2D eigenvalue weighted by atomic mass is 10.3. The number of azo groups is 1. The second kappa shape index (κ2) is 8.14. The van der Waals surface area contributed by atoms with Crippen LogP contribution in [0, 0.1) is 0 Å². The Morgan fingerprint density at radius 3 is 1.88 bits per heavy atom. The maximum atomic E-state index is 11.4. The Labute approximate surface area is 141 Å². The highest BCUT2D eigenvalue weighted by atomic mass is 32.2. The second-order valence-electron chi connectivity index (χ2n) is 4.65. The van der Waals surface area contributed by atoms with Gasteiger partial charge in [0.2, 0.25) is 0 Å². The number of benzene rings is 2. The lowest BCUT2D eigenvalue weighted by Gasteiger charge is -2.06. The summed E-state index contributed by atoms with van der Waals surface area (Å²) in [5, 5.41) is 8.04. The topological polar surface area (TPSA) is 100 Å². The summed E-state index contributed by atoms with van der Waals surface area (Å²) in [7, 11) is 0. The summed E-state index contributed by atoms with van der Waals surface area (Å²) in [4.78, 5) is 11.4. The van der Waals surface area contributed by atoms with E-state index in [1.165, 1.54) is 12.1 Å². The summed E-state index contributed by atoms with van der Waals surface area (Å²) in [6, 6.07) is 12.5. The molecule has 0 aliphatic heterocycles. The molecule has 1 atom stereocenters. The van der Waals surface area contributed by atoms with Crippen molar-refractivity contribution in [3.63, 3.8) is 0 Å². The zero-order chi connectivity index (χ0) is 17.5. The molecule has 8 heteroatoms. The molecule has 0 saturated heterocycles. The smallest absolute Gasteiger partial charge is 0.338 e. The second-order valence-corrected chi connectivity index (χ2v) is 5.22. The minimum atomic E-state index is -2.61. The van der Waals surface area contributed by atoms with Gasteiger partial charge in [0.05, 0.1) is 11.4 Å². The van der Waals surface area contributed by atoms with Gasteiger partial charge in [-0.2, -0.15) is 10.2 Å². The fraction of sp³-hybridized carbons (Fsp3) is 0.0625. The van der Waals surface area contributed by atoms with E-state index in [0.29, 0.717) is 22.7 Å². The Morgan fingerprint density at radius 2 is 1.46 bits per heavy atom. The van der Waals surface area contributed by atoms with Gasteiger partial charge in [0.25, 0.3) is 0 Å². The number of hydrogen-bond acceptors (Lipinski definition) is 7. The molecule has 0 aliphatic rings. The lowest BCUT2D eigenvalue weighted by molar-refractivity contribution is -0.130. The lowest BCUT2D eigenvalue weighted by Crippen LogP contribution is -2.07. The van der Waals surface area contributed by atoms with E-state index in [2.05, 4.69) is 21.0 Å². The first-order valence-electron chi connectivity index (χ1n) is 6.71. The molecule has 124 valence electrons. The molecule has 0 radical (unpaired) electrons. The van der Waals surface area contributed by atoms with Crippen molar-refractivity contribution in [2.24, 2.45) is 10.2 Å². The van der Waals surface area contributed by atoms with Gasteiger partial charge >= 0.3 is 5.97 Å². The van der Waals surface area contributed by atoms with Gasteiger partial charge in [-0.3, -0.25) is 0 Å². The van der Waals surface area contributed by atoms with E-state index >= 15 is 0 Å². The molecule has 0 heterocycles. The highest BCUT2D eigenvalue weighted by Crippen LogP contribution is 2.23. The molecule has 0 N–H and O–H groups in total. The predicted molar refractivity (Wildman–Crippen MR) is 87.1 cm³/mol. The molecular formula is C16H13N2O5S-. The van der Waals surface area contributed by atoms with E-state index in [4.69, 9.17) is 4.74 Å². The van der Waals surface area contributed by atoms with Crippen LogP contribution in [0.5, 0.6) is 11.5 Å². The number of ether oxygens (including phenoxy) is 1. The van der Waals surface area contributed by atoms with Gasteiger partial charge in [-0.1, -0.05) is 6.58 Å². The fourth-order valence-electron chi connectivity index (χ4n) is 1.54. The van der Waals surface area contributed by atoms with Gasteiger partial charge in [-0.15, -0.1) is 0 Å². The van der Waals surface area contributed by atoms with Crippen LogP contribution in [0.4, 0.5) is 11.4 Å². The Morgan fingerprint density at radius 1 is 1.00 bits per heavy atom. The molecule has 7 nitrogen and oxygen atoms in total. The standard InChI is InChI=1S/C16H14N2O5S/c1-11(2)16(19)22-14-7-3-12(4-8-14)17-18-13-5-9-15(10-6-13)23-24(20)21/h3-10H,1H2,2H3,(H,20,21)/p-1. The van der Waals surface area contributed by atoms with Gasteiger partial charge < -0.3 is 13.5 Å². The zero-order valence-electron chi connectivity index (χ0n) is 12.7. The predicted octanol–water partition coefficient (Wildman–Crippen LogP) is 3.76. The van der Waals surface area contributed by atoms with Crippen LogP contribution in [-0.4, -0.2) is 14.7 Å². The van der Waals surface area contributed by atoms with Gasteiger partial charge in [0.15, 0.2) is 0 Å². The first-order valence-corrected chi connectivity index (χ1v) is 7.71. The van der Waals surface area contributed by atoms with Crippen LogP contribution in [0.15, 0.2) is 70.9 Å². The minimum absolute atomic E-state index is 0.186. The molecule has 0 aliphatic carbocycles. The van der Waals surface area contributed by atoms with Crippen molar-refractivity contribution in [2.45, 2.75) is 6.92 Å². The fourth-order valence-corrected chi connectivity index (χ4v) is 1.81. The largest absolute Gasteiger partial charge is 0.740 e. The summed E-state index contributed by atoms with van der Waals surface area (Å²) in [6.45, 7) is 5.07. The van der Waals surface area contributed by atoms with Crippen LogP contribution >= 0.6 is 0 Å². The summed E-state index contributed by atoms with van der Waals surface area (Å²) in [6.07, 6.45) is 0. The molecule has 2 aromatic carbocycles. The van der Waals surface area contributed by atoms with E-state index in [1.807, 2.05) is 0 Å². The first-order chi connectivity index (χ1) is 11.4. The van der Waals surface area contributed by atoms with E-state index in [1.54, 1.807) is 43.3 Å². The SMILES string of the molecule is C=C(C)C(=O)Oc1ccc(N=Nc2ccc(OS(=O)[O-])cc2)cc1. The van der Waals surface area contributed by atoms with Gasteiger partial charge in [0, 0.05) is 5.57 Å². The molecular weight excluding hydrogens is 332 g/mol. The zero-order valence-corrected chi connectivity index (χ0v) is 13.5. The maximum absolute atomic E-state index is 11.4. The molecule has 24 heavy (non-hydrogen) atoms. The Kier molecular flexibility index (Phi) is 5.94.